The number of nitrogens with one attached hydrogen (secondary N) is 2. The number of carbonyl (C=O) groups is 1. The van der Waals surface area contributed by atoms with Gasteiger partial charge in [0, 0.05) is 24.7 Å². The molecule has 2 unspecified atom stereocenters. The molecule has 0 bridgehead atoms. The maximum atomic E-state index is 13.2. The van der Waals surface area contributed by atoms with Crippen LogP contribution in [0.5, 0.6) is 5.75 Å². The highest BCUT2D eigenvalue weighted by Gasteiger charge is 2.53. The number of carbonyl (C=O) groups excluding carboxylic acids is 1. The van der Waals surface area contributed by atoms with Gasteiger partial charge in [0.2, 0.25) is 0 Å². The van der Waals surface area contributed by atoms with E-state index < -0.39 is 5.82 Å². The Kier molecular flexibility index (Phi) is 2.70. The second-order valence-electron chi connectivity index (χ2n) is 4.83. The molecule has 1 saturated heterocycles. The summed E-state index contributed by atoms with van der Waals surface area (Å²) in [7, 11) is 1.39. The highest BCUT2D eigenvalue weighted by Crippen LogP contribution is 2.41. The van der Waals surface area contributed by atoms with Crippen LogP contribution < -0.4 is 15.4 Å². The summed E-state index contributed by atoms with van der Waals surface area (Å²) in [6.07, 6.45) is 0. The van der Waals surface area contributed by atoms with Crippen molar-refractivity contribution in [3.05, 3.63) is 29.6 Å². The molecule has 2 atom stereocenters. The fraction of sp³-hybridized carbons (Fsp3) is 0.462. The van der Waals surface area contributed by atoms with Crippen molar-refractivity contribution < 1.29 is 13.9 Å². The summed E-state index contributed by atoms with van der Waals surface area (Å²) in [5, 5.41) is 6.26. The number of benzene rings is 1. The van der Waals surface area contributed by atoms with E-state index in [1.54, 1.807) is 0 Å². The van der Waals surface area contributed by atoms with E-state index in [9.17, 15) is 9.18 Å². The van der Waals surface area contributed by atoms with Crippen LogP contribution in [0.25, 0.3) is 0 Å². The Bertz CT molecular complexity index is 482. The summed E-state index contributed by atoms with van der Waals surface area (Å²) in [4.78, 5) is 12.0. The van der Waals surface area contributed by atoms with Crippen LogP contribution in [0, 0.1) is 17.7 Å². The zero-order valence-electron chi connectivity index (χ0n) is 10.1. The van der Waals surface area contributed by atoms with Gasteiger partial charge in [-0.25, -0.2) is 4.39 Å². The predicted octanol–water partition coefficient (Wildman–Crippen LogP) is 0.782. The number of hydrogen-bond donors (Lipinski definition) is 2. The van der Waals surface area contributed by atoms with E-state index in [4.69, 9.17) is 4.74 Å². The number of methoxy groups -OCH3 is 1. The first-order valence-electron chi connectivity index (χ1n) is 6.06. The second kappa shape index (κ2) is 4.24. The van der Waals surface area contributed by atoms with Crippen molar-refractivity contribution in [1.82, 2.24) is 10.6 Å². The molecule has 0 radical (unpaired) electrons. The fourth-order valence-electron chi connectivity index (χ4n) is 2.67. The third-order valence-corrected chi connectivity index (χ3v) is 3.80. The summed E-state index contributed by atoms with van der Waals surface area (Å²) >= 11 is 0. The standard InChI is InChI=1S/C13H15FN2O2/c1-18-11-4-7(2-3-10(11)14)13(17)16-12-8-5-15-6-9(8)12/h2-4,8-9,12,15H,5-6H2,1H3,(H,16,17). The minimum Gasteiger partial charge on any atom is -0.494 e. The Morgan fingerprint density at radius 1 is 1.44 bits per heavy atom. The Hall–Kier alpha value is -1.62. The summed E-state index contributed by atoms with van der Waals surface area (Å²) in [6.45, 7) is 1.95. The summed E-state index contributed by atoms with van der Waals surface area (Å²) in [6, 6.07) is 4.43. The molecular formula is C13H15FN2O2. The third kappa shape index (κ3) is 1.84. The Morgan fingerprint density at radius 2 is 2.17 bits per heavy atom. The molecule has 5 heteroatoms. The van der Waals surface area contributed by atoms with Crippen molar-refractivity contribution >= 4 is 5.91 Å². The molecule has 0 spiro atoms. The molecule has 4 nitrogen and oxygen atoms in total. The van der Waals surface area contributed by atoms with Crippen LogP contribution in [0.2, 0.25) is 0 Å². The number of halogens is 1. The minimum absolute atomic E-state index is 0.0975. The van der Waals surface area contributed by atoms with Crippen molar-refractivity contribution in [2.24, 2.45) is 11.8 Å². The molecule has 96 valence electrons. The molecule has 2 N–H and O–H groups in total. The number of amides is 1. The normalized spacial score (nSPS) is 28.7. The van der Waals surface area contributed by atoms with Crippen LogP contribution in [0.4, 0.5) is 4.39 Å². The topological polar surface area (TPSA) is 50.4 Å². The highest BCUT2D eigenvalue weighted by molar-refractivity contribution is 5.95. The average molecular weight is 250 g/mol. The molecule has 1 aromatic rings. The maximum absolute atomic E-state index is 13.2. The van der Waals surface area contributed by atoms with Gasteiger partial charge in [-0.1, -0.05) is 0 Å². The van der Waals surface area contributed by atoms with Gasteiger partial charge in [-0.3, -0.25) is 4.79 Å². The quantitative estimate of drug-likeness (QED) is 0.833. The Labute approximate surface area is 105 Å². The van der Waals surface area contributed by atoms with Crippen LogP contribution in [0.1, 0.15) is 10.4 Å². The lowest BCUT2D eigenvalue weighted by atomic mass is 10.2. The lowest BCUT2D eigenvalue weighted by Crippen LogP contribution is -2.32. The van der Waals surface area contributed by atoms with Crippen molar-refractivity contribution in [1.29, 1.82) is 0 Å². The minimum atomic E-state index is -0.457. The largest absolute Gasteiger partial charge is 0.494 e. The van der Waals surface area contributed by atoms with Gasteiger partial charge in [0.15, 0.2) is 11.6 Å². The average Bonchev–Trinajstić information content (AvgIpc) is 2.82. The van der Waals surface area contributed by atoms with Crippen molar-refractivity contribution in [2.45, 2.75) is 6.04 Å². The van der Waals surface area contributed by atoms with Crippen LogP contribution in [0.15, 0.2) is 18.2 Å². The van der Waals surface area contributed by atoms with Gasteiger partial charge >= 0.3 is 0 Å². The smallest absolute Gasteiger partial charge is 0.251 e. The first kappa shape index (κ1) is 11.5. The van der Waals surface area contributed by atoms with E-state index in [0.29, 0.717) is 17.4 Å². The lowest BCUT2D eigenvalue weighted by molar-refractivity contribution is 0.0946. The summed E-state index contributed by atoms with van der Waals surface area (Å²) in [5.74, 6) is 0.613. The zero-order valence-corrected chi connectivity index (χ0v) is 10.1. The highest BCUT2D eigenvalue weighted by atomic mass is 19.1. The van der Waals surface area contributed by atoms with Gasteiger partial charge < -0.3 is 15.4 Å². The molecule has 1 heterocycles. The second-order valence-corrected chi connectivity index (χ2v) is 4.83. The third-order valence-electron chi connectivity index (χ3n) is 3.80. The Balaban J connectivity index is 1.69. The van der Waals surface area contributed by atoms with Crippen LogP contribution >= 0.6 is 0 Å². The lowest BCUT2D eigenvalue weighted by Gasteiger charge is -2.09. The van der Waals surface area contributed by atoms with E-state index in [2.05, 4.69) is 10.6 Å². The number of piperidine rings is 1. The van der Waals surface area contributed by atoms with E-state index in [0.717, 1.165) is 13.1 Å². The van der Waals surface area contributed by atoms with Gasteiger partial charge in [-0.15, -0.1) is 0 Å². The fourth-order valence-corrected chi connectivity index (χ4v) is 2.67. The molecule has 1 aromatic carbocycles. The molecule has 1 saturated carbocycles. The first-order chi connectivity index (χ1) is 8.70. The monoisotopic (exact) mass is 250 g/mol. The van der Waals surface area contributed by atoms with E-state index >= 15 is 0 Å². The Morgan fingerprint density at radius 3 is 2.83 bits per heavy atom. The SMILES string of the molecule is COc1cc(C(=O)NC2C3CNCC32)ccc1F. The van der Waals surface area contributed by atoms with Crippen LogP contribution in [-0.2, 0) is 0 Å². The predicted molar refractivity (Wildman–Crippen MR) is 64.1 cm³/mol. The van der Waals surface area contributed by atoms with Crippen LogP contribution in [-0.4, -0.2) is 32.1 Å². The van der Waals surface area contributed by atoms with Gasteiger partial charge in [0.05, 0.1) is 7.11 Å². The molecule has 1 aliphatic carbocycles. The number of fused-ring (bicyclic) bond motifs is 1. The van der Waals surface area contributed by atoms with E-state index in [1.165, 1.54) is 25.3 Å². The first-order valence-corrected chi connectivity index (χ1v) is 6.06. The molecule has 0 aromatic heterocycles. The van der Waals surface area contributed by atoms with Crippen LogP contribution in [0.3, 0.4) is 0 Å². The van der Waals surface area contributed by atoms with Crippen molar-refractivity contribution in [3.8, 4) is 5.75 Å². The van der Waals surface area contributed by atoms with Gasteiger partial charge in [0.1, 0.15) is 0 Å². The summed E-state index contributed by atoms with van der Waals surface area (Å²) < 4.78 is 18.1. The molecule has 2 fully saturated rings. The van der Waals surface area contributed by atoms with Gasteiger partial charge in [0.25, 0.3) is 5.91 Å². The molecule has 1 aliphatic heterocycles. The van der Waals surface area contributed by atoms with Crippen molar-refractivity contribution in [3.63, 3.8) is 0 Å². The molecule has 1 amide bonds. The van der Waals surface area contributed by atoms with E-state index in [-0.39, 0.29) is 17.7 Å². The number of ether oxygens (including phenoxy) is 1. The zero-order chi connectivity index (χ0) is 12.7. The van der Waals surface area contributed by atoms with Gasteiger partial charge in [-0.2, -0.15) is 0 Å². The number of hydrogen-bond acceptors (Lipinski definition) is 3. The molecular weight excluding hydrogens is 235 g/mol. The van der Waals surface area contributed by atoms with E-state index in [1.807, 2.05) is 0 Å². The maximum Gasteiger partial charge on any atom is 0.251 e. The number of rotatable bonds is 3. The van der Waals surface area contributed by atoms with Crippen molar-refractivity contribution in [2.75, 3.05) is 20.2 Å². The molecule has 3 rings (SSSR count). The van der Waals surface area contributed by atoms with Gasteiger partial charge in [-0.05, 0) is 30.0 Å². The molecule has 18 heavy (non-hydrogen) atoms. The summed E-state index contributed by atoms with van der Waals surface area (Å²) in [5.41, 5.74) is 0.436. The molecule has 2 aliphatic rings.